The molecule has 2 aromatic rings. The van der Waals surface area contributed by atoms with Gasteiger partial charge in [-0.2, -0.15) is 0 Å². The van der Waals surface area contributed by atoms with E-state index in [9.17, 15) is 24.3 Å². The summed E-state index contributed by atoms with van der Waals surface area (Å²) in [7, 11) is 0. The molecule has 1 saturated carbocycles. The lowest BCUT2D eigenvalue weighted by atomic mass is 10.0. The van der Waals surface area contributed by atoms with Crippen molar-refractivity contribution in [2.24, 2.45) is 17.4 Å². The van der Waals surface area contributed by atoms with Crippen molar-refractivity contribution in [2.75, 3.05) is 13.1 Å². The van der Waals surface area contributed by atoms with Crippen LogP contribution in [0.2, 0.25) is 0 Å². The molecule has 198 valence electrons. The van der Waals surface area contributed by atoms with Gasteiger partial charge in [-0.1, -0.05) is 42.5 Å². The van der Waals surface area contributed by atoms with Gasteiger partial charge in [0.25, 0.3) is 0 Å². The Morgan fingerprint density at radius 3 is 2.19 bits per heavy atom. The number of carbonyl (C=O) groups excluding carboxylic acids is 4. The van der Waals surface area contributed by atoms with Gasteiger partial charge in [-0.05, 0) is 55.4 Å². The second kappa shape index (κ2) is 12.9. The Balaban J connectivity index is 1.54. The molecule has 10 heteroatoms. The lowest BCUT2D eigenvalue weighted by Gasteiger charge is -2.30. The summed E-state index contributed by atoms with van der Waals surface area (Å²) in [6.45, 7) is 1.56. The minimum atomic E-state index is -0.931. The van der Waals surface area contributed by atoms with Gasteiger partial charge in [0.1, 0.15) is 17.8 Å². The summed E-state index contributed by atoms with van der Waals surface area (Å²) in [6.07, 6.45) is 2.46. The number of hydrogen-bond donors (Lipinski definition) is 5. The summed E-state index contributed by atoms with van der Waals surface area (Å²) in [5.41, 5.74) is 13.3. The van der Waals surface area contributed by atoms with Crippen LogP contribution in [0, 0.1) is 5.92 Å². The maximum absolute atomic E-state index is 13.1. The minimum Gasteiger partial charge on any atom is -0.508 e. The fourth-order valence-corrected chi connectivity index (χ4v) is 3.97. The molecule has 3 atom stereocenters. The van der Waals surface area contributed by atoms with E-state index in [2.05, 4.69) is 10.6 Å². The number of aromatic hydroxyl groups is 1. The van der Waals surface area contributed by atoms with Gasteiger partial charge in [0.05, 0.1) is 12.6 Å². The van der Waals surface area contributed by atoms with Crippen molar-refractivity contribution in [3.8, 4) is 5.75 Å². The molecule has 7 N–H and O–H groups in total. The average Bonchev–Trinajstić information content (AvgIpc) is 3.70. The van der Waals surface area contributed by atoms with Crippen LogP contribution in [0.15, 0.2) is 54.6 Å². The summed E-state index contributed by atoms with van der Waals surface area (Å²) >= 11 is 0. The number of hydrogen-bond acceptors (Lipinski definition) is 6. The Morgan fingerprint density at radius 2 is 1.59 bits per heavy atom. The molecule has 0 radical (unpaired) electrons. The van der Waals surface area contributed by atoms with E-state index in [-0.39, 0.29) is 25.1 Å². The standard InChI is InChI=1S/C27H35N5O5/c1-17(31-27(37)22(28)13-19-9-11-21(33)12-10-19)26(36)30-15-24(34)32(16-20-7-8-20)23(25(29)35)14-18-5-3-2-4-6-18/h2-6,9-12,17,20,22-23,33H,7-8,13-16,28H2,1H3,(H2,29,35)(H,30,36)(H,31,37)/t17-,22+,23+/m1/s1. The molecule has 0 heterocycles. The van der Waals surface area contributed by atoms with E-state index in [0.29, 0.717) is 12.5 Å². The molecular weight excluding hydrogens is 474 g/mol. The first-order valence-corrected chi connectivity index (χ1v) is 12.4. The number of phenols is 1. The maximum Gasteiger partial charge on any atom is 0.242 e. The van der Waals surface area contributed by atoms with Crippen LogP contribution in [0.5, 0.6) is 5.75 Å². The fourth-order valence-electron chi connectivity index (χ4n) is 3.97. The Kier molecular flexibility index (Phi) is 9.62. The zero-order chi connectivity index (χ0) is 26.9. The zero-order valence-corrected chi connectivity index (χ0v) is 20.9. The summed E-state index contributed by atoms with van der Waals surface area (Å²) in [5.74, 6) is -1.67. The van der Waals surface area contributed by atoms with Crippen molar-refractivity contribution in [1.82, 2.24) is 15.5 Å². The topological polar surface area (TPSA) is 168 Å². The van der Waals surface area contributed by atoms with Crippen LogP contribution in [0.25, 0.3) is 0 Å². The lowest BCUT2D eigenvalue weighted by Crippen LogP contribution is -2.55. The third-order valence-corrected chi connectivity index (χ3v) is 6.34. The van der Waals surface area contributed by atoms with Crippen molar-refractivity contribution in [3.63, 3.8) is 0 Å². The molecule has 1 fully saturated rings. The highest BCUT2D eigenvalue weighted by Gasteiger charge is 2.34. The number of carbonyl (C=O) groups is 4. The monoisotopic (exact) mass is 509 g/mol. The number of phenolic OH excluding ortho intramolecular Hbond substituents is 1. The molecule has 4 amide bonds. The van der Waals surface area contributed by atoms with Crippen molar-refractivity contribution in [3.05, 3.63) is 65.7 Å². The molecule has 0 aliphatic heterocycles. The van der Waals surface area contributed by atoms with E-state index < -0.39 is 41.8 Å². The van der Waals surface area contributed by atoms with Crippen LogP contribution in [0.1, 0.15) is 30.9 Å². The van der Waals surface area contributed by atoms with Crippen LogP contribution in [0.3, 0.4) is 0 Å². The quantitative estimate of drug-likeness (QED) is 0.259. The summed E-state index contributed by atoms with van der Waals surface area (Å²) < 4.78 is 0. The first kappa shape index (κ1) is 27.7. The van der Waals surface area contributed by atoms with Gasteiger partial charge in [0.2, 0.25) is 23.6 Å². The highest BCUT2D eigenvalue weighted by Crippen LogP contribution is 2.30. The van der Waals surface area contributed by atoms with E-state index in [1.54, 1.807) is 12.1 Å². The van der Waals surface area contributed by atoms with E-state index in [0.717, 1.165) is 24.0 Å². The van der Waals surface area contributed by atoms with Gasteiger partial charge in [-0.25, -0.2) is 0 Å². The molecule has 0 saturated heterocycles. The van der Waals surface area contributed by atoms with Gasteiger partial charge in [-0.3, -0.25) is 19.2 Å². The Morgan fingerprint density at radius 1 is 0.973 bits per heavy atom. The highest BCUT2D eigenvalue weighted by atomic mass is 16.3. The predicted octanol–water partition coefficient (Wildman–Crippen LogP) is 0.218. The van der Waals surface area contributed by atoms with Crippen molar-refractivity contribution < 1.29 is 24.3 Å². The van der Waals surface area contributed by atoms with Gasteiger partial charge in [0, 0.05) is 13.0 Å². The summed E-state index contributed by atoms with van der Waals surface area (Å²) in [5, 5.41) is 14.5. The number of nitrogens with two attached hydrogens (primary N) is 2. The largest absolute Gasteiger partial charge is 0.508 e. The molecule has 3 rings (SSSR count). The Bertz CT molecular complexity index is 1090. The summed E-state index contributed by atoms with van der Waals surface area (Å²) in [6, 6.07) is 13.0. The molecule has 2 aromatic carbocycles. The van der Waals surface area contributed by atoms with Crippen LogP contribution in [0.4, 0.5) is 0 Å². The predicted molar refractivity (Wildman–Crippen MR) is 138 cm³/mol. The smallest absolute Gasteiger partial charge is 0.242 e. The Labute approximate surface area is 216 Å². The average molecular weight is 510 g/mol. The van der Waals surface area contributed by atoms with Crippen LogP contribution < -0.4 is 22.1 Å². The molecule has 37 heavy (non-hydrogen) atoms. The molecule has 0 aromatic heterocycles. The molecule has 1 aliphatic carbocycles. The van der Waals surface area contributed by atoms with E-state index in [1.807, 2.05) is 30.3 Å². The maximum atomic E-state index is 13.1. The van der Waals surface area contributed by atoms with Crippen molar-refractivity contribution in [1.29, 1.82) is 0 Å². The highest BCUT2D eigenvalue weighted by molar-refractivity contribution is 5.93. The second-order valence-corrected chi connectivity index (χ2v) is 9.52. The summed E-state index contributed by atoms with van der Waals surface area (Å²) in [4.78, 5) is 51.9. The van der Waals surface area contributed by atoms with Crippen LogP contribution in [-0.2, 0) is 32.0 Å². The molecule has 1 aliphatic rings. The number of primary amides is 1. The number of benzene rings is 2. The van der Waals surface area contributed by atoms with Crippen molar-refractivity contribution >= 4 is 23.6 Å². The number of nitrogens with zero attached hydrogens (tertiary/aromatic N) is 1. The van der Waals surface area contributed by atoms with Crippen molar-refractivity contribution in [2.45, 2.75) is 50.7 Å². The molecular formula is C27H35N5O5. The third-order valence-electron chi connectivity index (χ3n) is 6.34. The normalized spacial score (nSPS) is 15.2. The third kappa shape index (κ3) is 8.60. The van der Waals surface area contributed by atoms with E-state index in [1.165, 1.54) is 24.0 Å². The van der Waals surface area contributed by atoms with E-state index in [4.69, 9.17) is 11.5 Å². The minimum absolute atomic E-state index is 0.111. The molecule has 0 unspecified atom stereocenters. The molecule has 0 spiro atoms. The zero-order valence-electron chi connectivity index (χ0n) is 20.9. The number of rotatable bonds is 13. The second-order valence-electron chi connectivity index (χ2n) is 9.52. The first-order chi connectivity index (χ1) is 17.6. The van der Waals surface area contributed by atoms with Gasteiger partial charge >= 0.3 is 0 Å². The lowest BCUT2D eigenvalue weighted by molar-refractivity contribution is -0.140. The van der Waals surface area contributed by atoms with Gasteiger partial charge in [0.15, 0.2) is 0 Å². The fraction of sp³-hybridized carbons (Fsp3) is 0.407. The van der Waals surface area contributed by atoms with Crippen LogP contribution >= 0.6 is 0 Å². The van der Waals surface area contributed by atoms with Gasteiger partial charge < -0.3 is 32.1 Å². The molecule has 10 nitrogen and oxygen atoms in total. The number of nitrogens with one attached hydrogen (secondary N) is 2. The van der Waals surface area contributed by atoms with E-state index >= 15 is 0 Å². The number of amides is 4. The van der Waals surface area contributed by atoms with Gasteiger partial charge in [-0.15, -0.1) is 0 Å². The first-order valence-electron chi connectivity index (χ1n) is 12.4. The SMILES string of the molecule is C[C@@H](NC(=O)[C@@H](N)Cc1ccc(O)cc1)C(=O)NCC(=O)N(CC1CC1)[C@@H](Cc1ccccc1)C(N)=O. The Hall–Kier alpha value is -3.92. The molecule has 0 bridgehead atoms. The van der Waals surface area contributed by atoms with Crippen LogP contribution in [-0.4, -0.2) is 64.9 Å².